The van der Waals surface area contributed by atoms with Gasteiger partial charge in [-0.15, -0.1) is 0 Å². The van der Waals surface area contributed by atoms with Crippen LogP contribution in [0.4, 0.5) is 0 Å². The molecule has 26 heavy (non-hydrogen) atoms. The maximum atomic E-state index is 12.8. The molecule has 2 aromatic carbocycles. The third-order valence-electron chi connectivity index (χ3n) is 5.25. The maximum Gasteiger partial charge on any atom is 0.246 e. The summed E-state index contributed by atoms with van der Waals surface area (Å²) in [5, 5.41) is 18.1. The molecule has 5 nitrogen and oxygen atoms in total. The Morgan fingerprint density at radius 2 is 1.73 bits per heavy atom. The lowest BCUT2D eigenvalue weighted by molar-refractivity contribution is -0.135. The molecule has 0 bridgehead atoms. The minimum absolute atomic E-state index is 0.0557. The van der Waals surface area contributed by atoms with E-state index in [-0.39, 0.29) is 11.9 Å². The third kappa shape index (κ3) is 2.78. The number of nitrogens with zero attached hydrogens (tertiary/aromatic N) is 4. The van der Waals surface area contributed by atoms with Gasteiger partial charge in [-0.25, -0.2) is 0 Å². The molecule has 5 heteroatoms. The van der Waals surface area contributed by atoms with E-state index in [0.717, 1.165) is 35.1 Å². The lowest BCUT2D eigenvalue weighted by atomic mass is 10.00. The molecule has 0 saturated carbocycles. The summed E-state index contributed by atoms with van der Waals surface area (Å²) in [4.78, 5) is 16.3. The van der Waals surface area contributed by atoms with Crippen molar-refractivity contribution >= 4 is 5.91 Å². The van der Waals surface area contributed by atoms with Crippen LogP contribution in [0.25, 0.3) is 11.1 Å². The quantitative estimate of drug-likeness (QED) is 0.787. The summed E-state index contributed by atoms with van der Waals surface area (Å²) in [6, 6.07) is 15.6. The van der Waals surface area contributed by atoms with E-state index in [1.54, 1.807) is 4.90 Å². The van der Waals surface area contributed by atoms with E-state index >= 15 is 0 Å². The van der Waals surface area contributed by atoms with Gasteiger partial charge in [0.2, 0.25) is 5.91 Å². The molecule has 4 rings (SSSR count). The van der Waals surface area contributed by atoms with E-state index in [2.05, 4.69) is 30.5 Å². The zero-order valence-corrected chi connectivity index (χ0v) is 14.4. The number of hydrogen-bond acceptors (Lipinski definition) is 4. The Morgan fingerprint density at radius 1 is 1.00 bits per heavy atom. The highest BCUT2D eigenvalue weighted by Crippen LogP contribution is 2.30. The Kier molecular flexibility index (Phi) is 4.07. The van der Waals surface area contributed by atoms with Gasteiger partial charge in [0.1, 0.15) is 6.04 Å². The molecule has 2 aromatic rings. The predicted molar refractivity (Wildman–Crippen MR) is 96.2 cm³/mol. The van der Waals surface area contributed by atoms with Crippen LogP contribution in [0.5, 0.6) is 0 Å². The van der Waals surface area contributed by atoms with Crippen molar-refractivity contribution in [2.45, 2.75) is 32.0 Å². The summed E-state index contributed by atoms with van der Waals surface area (Å²) in [6.45, 7) is 1.88. The fraction of sp³-hybridized carbons (Fsp3) is 0.286. The van der Waals surface area contributed by atoms with Crippen LogP contribution in [0.15, 0.2) is 42.5 Å². The number of hydrogen-bond donors (Lipinski definition) is 0. The molecule has 1 fully saturated rings. The Bertz CT molecular complexity index is 936. The molecule has 1 saturated heterocycles. The minimum atomic E-state index is -0.299. The van der Waals surface area contributed by atoms with Crippen molar-refractivity contribution in [2.24, 2.45) is 0 Å². The van der Waals surface area contributed by atoms with Crippen molar-refractivity contribution in [3.63, 3.8) is 0 Å². The first-order valence-corrected chi connectivity index (χ1v) is 8.77. The van der Waals surface area contributed by atoms with Crippen molar-refractivity contribution in [2.75, 3.05) is 6.54 Å². The van der Waals surface area contributed by atoms with Crippen molar-refractivity contribution in [1.82, 2.24) is 9.80 Å². The van der Waals surface area contributed by atoms with Crippen LogP contribution in [-0.2, 0) is 17.9 Å². The summed E-state index contributed by atoms with van der Waals surface area (Å²) < 4.78 is 0. The molecule has 0 N–H and O–H groups in total. The second-order valence-electron chi connectivity index (χ2n) is 6.82. The molecule has 128 valence electrons. The standard InChI is InChI=1S/C21H18N4O/c22-11-15-3-5-16(6-4-15)17-7-8-18-12-25(13-19(18)10-17)21(26)20-2-1-9-24(20)14-23/h3-8,10,20H,1-2,9,12-13H2. The topological polar surface area (TPSA) is 71.1 Å². The van der Waals surface area contributed by atoms with Gasteiger partial charge in [0.25, 0.3) is 0 Å². The molecule has 1 unspecified atom stereocenters. The molecule has 0 spiro atoms. The largest absolute Gasteiger partial charge is 0.332 e. The molecule has 0 aromatic heterocycles. The van der Waals surface area contributed by atoms with E-state index in [9.17, 15) is 10.1 Å². The highest BCUT2D eigenvalue weighted by Gasteiger charge is 2.35. The fourth-order valence-electron chi connectivity index (χ4n) is 3.82. The van der Waals surface area contributed by atoms with Crippen LogP contribution in [0.3, 0.4) is 0 Å². The van der Waals surface area contributed by atoms with Gasteiger partial charge in [-0.2, -0.15) is 10.5 Å². The molecule has 1 amide bonds. The van der Waals surface area contributed by atoms with Gasteiger partial charge in [0.15, 0.2) is 6.19 Å². The minimum Gasteiger partial charge on any atom is -0.332 e. The second kappa shape index (κ2) is 6.54. The Morgan fingerprint density at radius 3 is 2.46 bits per heavy atom. The zero-order valence-electron chi connectivity index (χ0n) is 14.4. The first-order chi connectivity index (χ1) is 12.7. The van der Waals surface area contributed by atoms with E-state index < -0.39 is 0 Å². The Balaban J connectivity index is 1.53. The van der Waals surface area contributed by atoms with E-state index in [1.165, 1.54) is 0 Å². The lowest BCUT2D eigenvalue weighted by Crippen LogP contribution is -2.41. The summed E-state index contributed by atoms with van der Waals surface area (Å²) >= 11 is 0. The summed E-state index contributed by atoms with van der Waals surface area (Å²) in [5.74, 6) is 0.0557. The van der Waals surface area contributed by atoms with E-state index in [4.69, 9.17) is 5.26 Å². The van der Waals surface area contributed by atoms with Crippen molar-refractivity contribution in [3.8, 4) is 23.4 Å². The normalized spacial score (nSPS) is 18.3. The van der Waals surface area contributed by atoms with E-state index in [0.29, 0.717) is 25.2 Å². The molecule has 1 atom stereocenters. The van der Waals surface area contributed by atoms with Crippen LogP contribution >= 0.6 is 0 Å². The summed E-state index contributed by atoms with van der Waals surface area (Å²) in [7, 11) is 0. The Labute approximate surface area is 152 Å². The highest BCUT2D eigenvalue weighted by atomic mass is 16.2. The first kappa shape index (κ1) is 16.2. The number of benzene rings is 2. The van der Waals surface area contributed by atoms with Gasteiger partial charge >= 0.3 is 0 Å². The average molecular weight is 342 g/mol. The smallest absolute Gasteiger partial charge is 0.246 e. The zero-order chi connectivity index (χ0) is 18.1. The Hall–Kier alpha value is -3.31. The number of nitriles is 2. The number of fused-ring (bicyclic) bond motifs is 1. The predicted octanol–water partition coefficient (Wildman–Crippen LogP) is 3.01. The molecule has 0 radical (unpaired) electrons. The number of amides is 1. The van der Waals surface area contributed by atoms with Crippen molar-refractivity contribution in [1.29, 1.82) is 10.5 Å². The molecule has 0 aliphatic carbocycles. The molecule has 2 heterocycles. The SMILES string of the molecule is N#Cc1ccc(-c2ccc3c(c2)CN(C(=O)C2CCCN2C#N)C3)cc1. The number of rotatable bonds is 2. The van der Waals surface area contributed by atoms with Crippen LogP contribution < -0.4 is 0 Å². The molecule has 2 aliphatic rings. The molecule has 2 aliphatic heterocycles. The van der Waals surface area contributed by atoms with Crippen LogP contribution in [0.1, 0.15) is 29.5 Å². The third-order valence-corrected chi connectivity index (χ3v) is 5.25. The van der Waals surface area contributed by atoms with E-state index in [1.807, 2.05) is 29.2 Å². The van der Waals surface area contributed by atoms with Gasteiger partial charge in [-0.1, -0.05) is 24.3 Å². The van der Waals surface area contributed by atoms with Gasteiger partial charge in [0.05, 0.1) is 11.6 Å². The number of carbonyl (C=O) groups excluding carboxylic acids is 1. The van der Waals surface area contributed by atoms with Crippen LogP contribution in [0.2, 0.25) is 0 Å². The maximum absolute atomic E-state index is 12.8. The lowest BCUT2D eigenvalue weighted by Gasteiger charge is -2.23. The van der Waals surface area contributed by atoms with Gasteiger partial charge in [-0.05, 0) is 53.3 Å². The monoisotopic (exact) mass is 342 g/mol. The average Bonchev–Trinajstić information content (AvgIpc) is 3.33. The summed E-state index contributed by atoms with van der Waals surface area (Å²) in [6.07, 6.45) is 3.80. The van der Waals surface area contributed by atoms with Crippen LogP contribution in [-0.4, -0.2) is 28.3 Å². The van der Waals surface area contributed by atoms with Gasteiger partial charge < -0.3 is 4.90 Å². The number of likely N-dealkylation sites (tertiary alicyclic amines) is 1. The second-order valence-corrected chi connectivity index (χ2v) is 6.82. The van der Waals surface area contributed by atoms with Gasteiger partial charge in [0, 0.05) is 19.6 Å². The first-order valence-electron chi connectivity index (χ1n) is 8.77. The summed E-state index contributed by atoms with van der Waals surface area (Å²) in [5.41, 5.74) is 5.11. The van der Waals surface area contributed by atoms with Gasteiger partial charge in [-0.3, -0.25) is 9.69 Å². The van der Waals surface area contributed by atoms with Crippen molar-refractivity contribution in [3.05, 3.63) is 59.2 Å². The highest BCUT2D eigenvalue weighted by molar-refractivity contribution is 5.83. The van der Waals surface area contributed by atoms with Crippen LogP contribution in [0, 0.1) is 22.8 Å². The van der Waals surface area contributed by atoms with Crippen molar-refractivity contribution < 1.29 is 4.79 Å². The molecular formula is C21H18N4O. The number of carbonyl (C=O) groups is 1. The molecular weight excluding hydrogens is 324 g/mol. The fourth-order valence-corrected chi connectivity index (χ4v) is 3.82.